The molecule has 2 unspecified atom stereocenters. The van der Waals surface area contributed by atoms with Crippen LogP contribution in [0.3, 0.4) is 0 Å². The van der Waals surface area contributed by atoms with E-state index in [1.54, 1.807) is 18.2 Å². The molecule has 1 aromatic rings. The Balaban J connectivity index is 2.29. The fourth-order valence-electron chi connectivity index (χ4n) is 2.34. The fourth-order valence-corrected chi connectivity index (χ4v) is 2.52. The van der Waals surface area contributed by atoms with E-state index >= 15 is 0 Å². The van der Waals surface area contributed by atoms with E-state index in [1.165, 1.54) is 0 Å². The van der Waals surface area contributed by atoms with Gasteiger partial charge in [0.1, 0.15) is 0 Å². The SMILES string of the molecule is Cc1ccc(C(=O)C2CC=CCC2C(=O)O)cc1Cl. The average molecular weight is 279 g/mol. The van der Waals surface area contributed by atoms with Crippen LogP contribution in [0.4, 0.5) is 0 Å². The Labute approximate surface area is 116 Å². The predicted molar refractivity (Wildman–Crippen MR) is 73.5 cm³/mol. The summed E-state index contributed by atoms with van der Waals surface area (Å²) in [6.07, 6.45) is 4.58. The predicted octanol–water partition coefficient (Wildman–Crippen LogP) is 3.50. The van der Waals surface area contributed by atoms with Gasteiger partial charge in [-0.05, 0) is 31.4 Å². The van der Waals surface area contributed by atoms with E-state index in [0.717, 1.165) is 5.56 Å². The van der Waals surface area contributed by atoms with Gasteiger partial charge in [-0.1, -0.05) is 35.9 Å². The third kappa shape index (κ3) is 2.87. The molecule has 1 aliphatic rings. The number of halogens is 1. The van der Waals surface area contributed by atoms with Gasteiger partial charge in [-0.2, -0.15) is 0 Å². The molecule has 0 fully saturated rings. The summed E-state index contributed by atoms with van der Waals surface area (Å²) in [6, 6.07) is 5.11. The van der Waals surface area contributed by atoms with Gasteiger partial charge < -0.3 is 5.11 Å². The summed E-state index contributed by atoms with van der Waals surface area (Å²) in [7, 11) is 0. The van der Waals surface area contributed by atoms with Gasteiger partial charge in [0.2, 0.25) is 0 Å². The van der Waals surface area contributed by atoms with Crippen LogP contribution >= 0.6 is 11.6 Å². The second-order valence-electron chi connectivity index (χ2n) is 4.82. The Bertz CT molecular complexity index is 548. The second-order valence-corrected chi connectivity index (χ2v) is 5.23. The first kappa shape index (κ1) is 13.8. The van der Waals surface area contributed by atoms with Crippen LogP contribution in [-0.4, -0.2) is 16.9 Å². The lowest BCUT2D eigenvalue weighted by atomic mass is 9.78. The number of aryl methyl sites for hydroxylation is 1. The Morgan fingerprint density at radius 3 is 2.42 bits per heavy atom. The third-order valence-corrected chi connectivity index (χ3v) is 3.95. The summed E-state index contributed by atoms with van der Waals surface area (Å²) in [6.45, 7) is 1.86. The van der Waals surface area contributed by atoms with Crippen LogP contribution in [-0.2, 0) is 4.79 Å². The number of Topliss-reactive ketones (excluding diaryl/α,β-unsaturated/α-hetero) is 1. The third-order valence-electron chi connectivity index (χ3n) is 3.54. The summed E-state index contributed by atoms with van der Waals surface area (Å²) in [4.78, 5) is 23.6. The zero-order valence-electron chi connectivity index (χ0n) is 10.6. The van der Waals surface area contributed by atoms with Gasteiger partial charge in [0.05, 0.1) is 5.92 Å². The van der Waals surface area contributed by atoms with Crippen LogP contribution in [0.25, 0.3) is 0 Å². The lowest BCUT2D eigenvalue weighted by molar-refractivity contribution is -0.143. The number of aliphatic carboxylic acids is 1. The topological polar surface area (TPSA) is 54.4 Å². The van der Waals surface area contributed by atoms with Crippen molar-refractivity contribution in [1.82, 2.24) is 0 Å². The summed E-state index contributed by atoms with van der Waals surface area (Å²) in [5, 5.41) is 9.72. The van der Waals surface area contributed by atoms with E-state index < -0.39 is 17.8 Å². The number of benzene rings is 1. The number of rotatable bonds is 3. The number of hydrogen-bond donors (Lipinski definition) is 1. The molecule has 0 aromatic heterocycles. The molecule has 0 radical (unpaired) electrons. The van der Waals surface area contributed by atoms with Crippen molar-refractivity contribution in [2.75, 3.05) is 0 Å². The van der Waals surface area contributed by atoms with Crippen molar-refractivity contribution in [2.24, 2.45) is 11.8 Å². The molecule has 0 spiro atoms. The highest BCUT2D eigenvalue weighted by atomic mass is 35.5. The van der Waals surface area contributed by atoms with Gasteiger partial charge in [0.25, 0.3) is 0 Å². The van der Waals surface area contributed by atoms with Crippen LogP contribution in [0.15, 0.2) is 30.4 Å². The van der Waals surface area contributed by atoms with Gasteiger partial charge in [-0.3, -0.25) is 9.59 Å². The van der Waals surface area contributed by atoms with Crippen molar-refractivity contribution in [3.05, 3.63) is 46.5 Å². The number of ketones is 1. The minimum atomic E-state index is -0.916. The Hall–Kier alpha value is -1.61. The van der Waals surface area contributed by atoms with E-state index in [9.17, 15) is 14.7 Å². The highest BCUT2D eigenvalue weighted by Gasteiger charge is 2.34. The number of carboxylic acids is 1. The van der Waals surface area contributed by atoms with Gasteiger partial charge in [-0.15, -0.1) is 0 Å². The van der Waals surface area contributed by atoms with Gasteiger partial charge in [0, 0.05) is 16.5 Å². The van der Waals surface area contributed by atoms with Gasteiger partial charge >= 0.3 is 5.97 Å². The van der Waals surface area contributed by atoms with Crippen molar-refractivity contribution in [1.29, 1.82) is 0 Å². The maximum absolute atomic E-state index is 12.4. The fraction of sp³-hybridized carbons (Fsp3) is 0.333. The molecule has 1 aliphatic carbocycles. The Morgan fingerprint density at radius 1 is 1.21 bits per heavy atom. The Morgan fingerprint density at radius 2 is 1.84 bits per heavy atom. The molecule has 0 heterocycles. The van der Waals surface area contributed by atoms with E-state index in [2.05, 4.69) is 0 Å². The van der Waals surface area contributed by atoms with Crippen LogP contribution in [0.2, 0.25) is 5.02 Å². The van der Waals surface area contributed by atoms with Crippen LogP contribution in [0.1, 0.15) is 28.8 Å². The molecular formula is C15H15ClO3. The summed E-state index contributed by atoms with van der Waals surface area (Å²) >= 11 is 6.01. The van der Waals surface area contributed by atoms with E-state index in [4.69, 9.17) is 11.6 Å². The van der Waals surface area contributed by atoms with Gasteiger partial charge in [0.15, 0.2) is 5.78 Å². The summed E-state index contributed by atoms with van der Waals surface area (Å²) < 4.78 is 0. The van der Waals surface area contributed by atoms with E-state index in [1.807, 2.05) is 19.1 Å². The molecule has 0 saturated carbocycles. The largest absolute Gasteiger partial charge is 0.481 e. The normalized spacial score (nSPS) is 22.2. The number of hydrogen-bond acceptors (Lipinski definition) is 2. The lowest BCUT2D eigenvalue weighted by Gasteiger charge is -2.24. The molecule has 0 amide bonds. The molecule has 2 atom stereocenters. The quantitative estimate of drug-likeness (QED) is 0.680. The van der Waals surface area contributed by atoms with Gasteiger partial charge in [-0.25, -0.2) is 0 Å². The summed E-state index contributed by atoms with van der Waals surface area (Å²) in [5.41, 5.74) is 1.39. The molecular weight excluding hydrogens is 264 g/mol. The first-order valence-corrected chi connectivity index (χ1v) is 6.56. The van der Waals surface area contributed by atoms with Crippen molar-refractivity contribution in [3.63, 3.8) is 0 Å². The number of carbonyl (C=O) groups excluding carboxylic acids is 1. The zero-order valence-corrected chi connectivity index (χ0v) is 11.4. The van der Waals surface area contributed by atoms with Crippen molar-refractivity contribution in [3.8, 4) is 0 Å². The van der Waals surface area contributed by atoms with Crippen LogP contribution < -0.4 is 0 Å². The molecule has 0 saturated heterocycles. The molecule has 4 heteroatoms. The summed E-state index contributed by atoms with van der Waals surface area (Å²) in [5.74, 6) is -2.20. The lowest BCUT2D eigenvalue weighted by Crippen LogP contribution is -2.31. The van der Waals surface area contributed by atoms with Crippen molar-refractivity contribution in [2.45, 2.75) is 19.8 Å². The van der Waals surface area contributed by atoms with Crippen LogP contribution in [0, 0.1) is 18.8 Å². The smallest absolute Gasteiger partial charge is 0.307 e. The number of allylic oxidation sites excluding steroid dienone is 2. The molecule has 3 nitrogen and oxygen atoms in total. The highest BCUT2D eigenvalue weighted by molar-refractivity contribution is 6.31. The highest BCUT2D eigenvalue weighted by Crippen LogP contribution is 2.30. The van der Waals surface area contributed by atoms with E-state index in [0.29, 0.717) is 23.4 Å². The number of carboxylic acid groups (broad SMARTS) is 1. The monoisotopic (exact) mass is 278 g/mol. The molecule has 0 aliphatic heterocycles. The Kier molecular flexibility index (Phi) is 4.05. The molecule has 1 aromatic carbocycles. The second kappa shape index (κ2) is 5.57. The maximum atomic E-state index is 12.4. The van der Waals surface area contributed by atoms with Crippen LogP contribution in [0.5, 0.6) is 0 Å². The molecule has 0 bridgehead atoms. The van der Waals surface area contributed by atoms with Crippen molar-refractivity contribution >= 4 is 23.4 Å². The zero-order chi connectivity index (χ0) is 14.0. The molecule has 19 heavy (non-hydrogen) atoms. The standard InChI is InChI=1S/C15H15ClO3/c1-9-6-7-10(8-13(9)16)14(17)11-4-2-3-5-12(11)15(18)19/h2-3,6-8,11-12H,4-5H2,1H3,(H,18,19). The minimum absolute atomic E-state index is 0.140. The van der Waals surface area contributed by atoms with Crippen molar-refractivity contribution < 1.29 is 14.7 Å². The number of carbonyl (C=O) groups is 2. The van der Waals surface area contributed by atoms with E-state index in [-0.39, 0.29) is 5.78 Å². The minimum Gasteiger partial charge on any atom is -0.481 e. The molecule has 1 N–H and O–H groups in total. The molecule has 2 rings (SSSR count). The average Bonchev–Trinajstić information content (AvgIpc) is 2.41. The first-order chi connectivity index (χ1) is 9.00. The first-order valence-electron chi connectivity index (χ1n) is 6.19. The maximum Gasteiger partial charge on any atom is 0.307 e. The molecule has 100 valence electrons.